The molecule has 1 saturated heterocycles. The summed E-state index contributed by atoms with van der Waals surface area (Å²) in [4.78, 5) is 0. The Morgan fingerprint density at radius 3 is 2.65 bits per heavy atom. The van der Waals surface area contributed by atoms with Crippen LogP contribution in [0.2, 0.25) is 0 Å². The van der Waals surface area contributed by atoms with Gasteiger partial charge in [-0.25, -0.2) is 0 Å². The fourth-order valence-electron chi connectivity index (χ4n) is 2.84. The topological polar surface area (TPSA) is 21.3 Å². The van der Waals surface area contributed by atoms with Gasteiger partial charge in [-0.2, -0.15) is 11.8 Å². The van der Waals surface area contributed by atoms with Crippen LogP contribution in [0.4, 0.5) is 0 Å². The maximum absolute atomic E-state index is 5.99. The van der Waals surface area contributed by atoms with Crippen molar-refractivity contribution in [2.45, 2.75) is 45.8 Å². The molecule has 0 aromatic heterocycles. The van der Waals surface area contributed by atoms with Crippen molar-refractivity contribution >= 4 is 11.8 Å². The van der Waals surface area contributed by atoms with Gasteiger partial charge in [0.15, 0.2) is 0 Å². The summed E-state index contributed by atoms with van der Waals surface area (Å²) >= 11 is 2.02. The molecule has 2 unspecified atom stereocenters. The minimum absolute atomic E-state index is 0.348. The molecule has 112 valence electrons. The monoisotopic (exact) mass is 293 g/mol. The molecule has 0 saturated carbocycles. The smallest absolute Gasteiger partial charge is 0.0821 e. The Kier molecular flexibility index (Phi) is 6.40. The molecule has 1 aliphatic heterocycles. The molecular weight excluding hydrogens is 266 g/mol. The summed E-state index contributed by atoms with van der Waals surface area (Å²) in [6.45, 7) is 8.54. The third kappa shape index (κ3) is 4.80. The van der Waals surface area contributed by atoms with Crippen molar-refractivity contribution in [3.8, 4) is 0 Å². The average Bonchev–Trinajstić information content (AvgIpc) is 2.43. The molecule has 1 aromatic carbocycles. The summed E-state index contributed by atoms with van der Waals surface area (Å²) < 4.78 is 5.99. The maximum atomic E-state index is 5.99. The fourth-order valence-corrected chi connectivity index (χ4v) is 3.79. The molecule has 2 nitrogen and oxygen atoms in total. The molecule has 3 heteroatoms. The van der Waals surface area contributed by atoms with E-state index in [0.29, 0.717) is 12.1 Å². The van der Waals surface area contributed by atoms with Gasteiger partial charge in [0.1, 0.15) is 0 Å². The summed E-state index contributed by atoms with van der Waals surface area (Å²) in [6, 6.07) is 7.29. The van der Waals surface area contributed by atoms with Gasteiger partial charge in [0.2, 0.25) is 0 Å². The van der Waals surface area contributed by atoms with Gasteiger partial charge >= 0.3 is 0 Å². The molecule has 0 radical (unpaired) electrons. The minimum atomic E-state index is 0.348. The van der Waals surface area contributed by atoms with Gasteiger partial charge < -0.3 is 10.1 Å². The van der Waals surface area contributed by atoms with E-state index in [1.807, 2.05) is 11.8 Å². The van der Waals surface area contributed by atoms with Crippen LogP contribution in [0.5, 0.6) is 0 Å². The molecule has 0 spiro atoms. The highest BCUT2D eigenvalue weighted by molar-refractivity contribution is 7.99. The lowest BCUT2D eigenvalue weighted by molar-refractivity contribution is 0.0472. The molecule has 2 rings (SSSR count). The van der Waals surface area contributed by atoms with Gasteiger partial charge in [-0.15, -0.1) is 0 Å². The summed E-state index contributed by atoms with van der Waals surface area (Å²) in [6.07, 6.45) is 2.58. The van der Waals surface area contributed by atoms with Crippen molar-refractivity contribution in [1.29, 1.82) is 0 Å². The zero-order chi connectivity index (χ0) is 14.4. The van der Waals surface area contributed by atoms with Crippen LogP contribution in [0.15, 0.2) is 18.2 Å². The minimum Gasteiger partial charge on any atom is -0.375 e. The highest BCUT2D eigenvalue weighted by atomic mass is 32.2. The Hall–Kier alpha value is -0.510. The van der Waals surface area contributed by atoms with E-state index in [1.165, 1.54) is 23.1 Å². The maximum Gasteiger partial charge on any atom is 0.0821 e. The highest BCUT2D eigenvalue weighted by Gasteiger charge is 2.24. The number of hydrogen-bond acceptors (Lipinski definition) is 3. The van der Waals surface area contributed by atoms with Crippen LogP contribution in [0.1, 0.15) is 30.0 Å². The molecule has 1 N–H and O–H groups in total. The van der Waals surface area contributed by atoms with E-state index in [-0.39, 0.29) is 0 Å². The number of hydrogen-bond donors (Lipinski definition) is 1. The first kappa shape index (κ1) is 15.9. The van der Waals surface area contributed by atoms with Gasteiger partial charge in [0.25, 0.3) is 0 Å². The summed E-state index contributed by atoms with van der Waals surface area (Å²) in [7, 11) is 0. The van der Waals surface area contributed by atoms with E-state index in [2.05, 4.69) is 44.3 Å². The molecule has 1 aromatic rings. The van der Waals surface area contributed by atoms with Crippen LogP contribution in [0.3, 0.4) is 0 Å². The molecule has 1 aliphatic rings. The average molecular weight is 293 g/mol. The molecule has 1 heterocycles. The first-order chi connectivity index (χ1) is 9.69. The van der Waals surface area contributed by atoms with E-state index in [1.54, 1.807) is 0 Å². The van der Waals surface area contributed by atoms with Crippen LogP contribution >= 0.6 is 11.8 Å². The van der Waals surface area contributed by atoms with Gasteiger partial charge in [0.05, 0.1) is 12.7 Å². The molecule has 0 amide bonds. The number of thioether (sulfide) groups is 1. The molecule has 1 fully saturated rings. The van der Waals surface area contributed by atoms with Crippen molar-refractivity contribution in [2.75, 3.05) is 24.7 Å². The van der Waals surface area contributed by atoms with Crippen LogP contribution in [0.25, 0.3) is 0 Å². The normalized spacial score (nSPS) is 20.9. The number of ether oxygens (including phenoxy) is 1. The Morgan fingerprint density at radius 1 is 1.30 bits per heavy atom. The van der Waals surface area contributed by atoms with E-state index in [4.69, 9.17) is 4.74 Å². The van der Waals surface area contributed by atoms with Crippen LogP contribution < -0.4 is 5.32 Å². The predicted molar refractivity (Wildman–Crippen MR) is 88.8 cm³/mol. The number of nitrogens with one attached hydrogen (secondary N) is 1. The third-order valence-corrected chi connectivity index (χ3v) is 4.70. The van der Waals surface area contributed by atoms with E-state index in [0.717, 1.165) is 31.1 Å². The second-order valence-corrected chi connectivity index (χ2v) is 6.89. The highest BCUT2D eigenvalue weighted by Crippen LogP contribution is 2.19. The largest absolute Gasteiger partial charge is 0.375 e. The van der Waals surface area contributed by atoms with Crippen molar-refractivity contribution in [3.63, 3.8) is 0 Å². The first-order valence-corrected chi connectivity index (χ1v) is 8.84. The summed E-state index contributed by atoms with van der Waals surface area (Å²) in [5, 5.41) is 3.69. The zero-order valence-corrected chi connectivity index (χ0v) is 13.8. The number of benzene rings is 1. The molecule has 0 bridgehead atoms. The van der Waals surface area contributed by atoms with Crippen molar-refractivity contribution in [2.24, 2.45) is 0 Å². The van der Waals surface area contributed by atoms with E-state index < -0.39 is 0 Å². The molecular formula is C17H27NOS. The SMILES string of the molecule is CCCNC(Cc1cc(C)cc(C)c1)C1CSCCO1. The summed E-state index contributed by atoms with van der Waals surface area (Å²) in [5.74, 6) is 2.26. The van der Waals surface area contributed by atoms with Crippen LogP contribution in [-0.2, 0) is 11.2 Å². The van der Waals surface area contributed by atoms with Gasteiger partial charge in [-0.3, -0.25) is 0 Å². The van der Waals surface area contributed by atoms with Crippen LogP contribution in [0, 0.1) is 13.8 Å². The molecule has 0 aliphatic carbocycles. The van der Waals surface area contributed by atoms with Crippen molar-refractivity contribution < 1.29 is 4.74 Å². The number of aryl methyl sites for hydroxylation is 2. The molecule has 20 heavy (non-hydrogen) atoms. The molecule has 2 atom stereocenters. The lowest BCUT2D eigenvalue weighted by Crippen LogP contribution is -2.46. The lowest BCUT2D eigenvalue weighted by atomic mass is 9.98. The quantitative estimate of drug-likeness (QED) is 0.869. The van der Waals surface area contributed by atoms with E-state index >= 15 is 0 Å². The van der Waals surface area contributed by atoms with Crippen molar-refractivity contribution in [1.82, 2.24) is 5.32 Å². The standard InChI is InChI=1S/C17H27NOS/c1-4-5-18-16(17-12-20-7-6-19-17)11-15-9-13(2)8-14(3)10-15/h8-10,16-18H,4-7,11-12H2,1-3H3. The third-order valence-electron chi connectivity index (χ3n) is 3.68. The van der Waals surface area contributed by atoms with Gasteiger partial charge in [-0.05, 0) is 38.8 Å². The van der Waals surface area contributed by atoms with Crippen molar-refractivity contribution in [3.05, 3.63) is 34.9 Å². The predicted octanol–water partition coefficient (Wildman–Crippen LogP) is 3.35. The Labute approximate surface area is 127 Å². The first-order valence-electron chi connectivity index (χ1n) is 7.69. The number of rotatable bonds is 6. The lowest BCUT2D eigenvalue weighted by Gasteiger charge is -2.31. The Bertz CT molecular complexity index is 395. The fraction of sp³-hybridized carbons (Fsp3) is 0.647. The Morgan fingerprint density at radius 2 is 2.05 bits per heavy atom. The van der Waals surface area contributed by atoms with Gasteiger partial charge in [0, 0.05) is 17.5 Å². The van der Waals surface area contributed by atoms with Crippen LogP contribution in [-0.4, -0.2) is 36.8 Å². The second-order valence-electron chi connectivity index (χ2n) is 5.74. The second kappa shape index (κ2) is 8.06. The zero-order valence-electron chi connectivity index (χ0n) is 12.9. The summed E-state index contributed by atoms with van der Waals surface area (Å²) in [5.41, 5.74) is 4.14. The van der Waals surface area contributed by atoms with E-state index in [9.17, 15) is 0 Å². The Balaban J connectivity index is 2.05. The van der Waals surface area contributed by atoms with Gasteiger partial charge in [-0.1, -0.05) is 36.2 Å².